The molecule has 2 aromatic rings. The van der Waals surface area contributed by atoms with Crippen LogP contribution in [0.15, 0.2) is 46.9 Å². The molecule has 1 unspecified atom stereocenters. The van der Waals surface area contributed by atoms with E-state index in [9.17, 15) is 9.59 Å². The normalized spacial score (nSPS) is 20.9. The maximum Gasteiger partial charge on any atom is 0.262 e. The molecule has 34 heavy (non-hydrogen) atoms. The number of carbonyl (C=O) groups excluding carboxylic acids is 2. The largest absolute Gasteiger partial charge is 0.379 e. The second kappa shape index (κ2) is 10.4. The van der Waals surface area contributed by atoms with Crippen LogP contribution < -0.4 is 0 Å². The lowest BCUT2D eigenvalue weighted by atomic mass is 10.00. The maximum absolute atomic E-state index is 13.6. The lowest BCUT2D eigenvalue weighted by Gasteiger charge is -2.31. The Labute approximate surface area is 205 Å². The topological polar surface area (TPSA) is 65.5 Å². The van der Waals surface area contributed by atoms with Crippen LogP contribution in [-0.2, 0) is 14.3 Å². The molecule has 8 heteroatoms. The van der Waals surface area contributed by atoms with E-state index in [0.29, 0.717) is 13.0 Å². The number of rotatable bonds is 8. The number of hydrazone groups is 1. The number of amides is 2. The maximum atomic E-state index is 13.6. The van der Waals surface area contributed by atoms with Crippen molar-refractivity contribution in [3.05, 3.63) is 57.8 Å². The number of nitrogens with zero attached hydrogens (tertiary/aromatic N) is 4. The summed E-state index contributed by atoms with van der Waals surface area (Å²) in [6, 6.07) is 12.2. The highest BCUT2D eigenvalue weighted by molar-refractivity contribution is 7.12. The van der Waals surface area contributed by atoms with Crippen LogP contribution in [0.1, 0.15) is 41.3 Å². The van der Waals surface area contributed by atoms with Crippen molar-refractivity contribution in [3.63, 3.8) is 0 Å². The molecule has 0 N–H and O–H groups in total. The monoisotopic (exact) mass is 480 g/mol. The summed E-state index contributed by atoms with van der Waals surface area (Å²) in [5.41, 5.74) is 3.19. The van der Waals surface area contributed by atoms with E-state index in [4.69, 9.17) is 9.84 Å². The predicted molar refractivity (Wildman–Crippen MR) is 133 cm³/mol. The standard InChI is InChI=1S/C26H32N4O3S/c1-19-4-6-20(7-5-19)23-17-22(24-3-2-16-34-24)27-30(23)25(31)18-29(26(32)21-8-9-21)11-10-28-12-14-33-15-13-28/h2-7,16,21,23H,8-15,17-18H2,1H3. The van der Waals surface area contributed by atoms with Gasteiger partial charge in [-0.05, 0) is 36.8 Å². The van der Waals surface area contributed by atoms with Crippen molar-refractivity contribution in [3.8, 4) is 0 Å². The quantitative estimate of drug-likeness (QED) is 0.582. The Hall–Kier alpha value is -2.55. The lowest BCUT2D eigenvalue weighted by molar-refractivity contribution is -0.142. The number of morpholine rings is 1. The Bertz CT molecular complexity index is 1030. The molecule has 0 spiro atoms. The van der Waals surface area contributed by atoms with Gasteiger partial charge >= 0.3 is 0 Å². The fourth-order valence-electron chi connectivity index (χ4n) is 4.56. The third kappa shape index (κ3) is 5.40. The highest BCUT2D eigenvalue weighted by Crippen LogP contribution is 2.35. The van der Waals surface area contributed by atoms with Gasteiger partial charge in [0, 0.05) is 38.5 Å². The van der Waals surface area contributed by atoms with E-state index in [2.05, 4.69) is 42.2 Å². The van der Waals surface area contributed by atoms with Gasteiger partial charge in [-0.1, -0.05) is 35.9 Å². The fraction of sp³-hybridized carbons (Fsp3) is 0.500. The van der Waals surface area contributed by atoms with Gasteiger partial charge in [0.15, 0.2) is 0 Å². The van der Waals surface area contributed by atoms with Crippen molar-refractivity contribution in [1.82, 2.24) is 14.8 Å². The molecule has 1 atom stereocenters. The molecule has 1 aromatic carbocycles. The highest BCUT2D eigenvalue weighted by atomic mass is 32.1. The van der Waals surface area contributed by atoms with Crippen LogP contribution in [0.4, 0.5) is 0 Å². The summed E-state index contributed by atoms with van der Waals surface area (Å²) in [5.74, 6) is 0.0670. The first-order valence-corrected chi connectivity index (χ1v) is 13.1. The molecule has 3 heterocycles. The summed E-state index contributed by atoms with van der Waals surface area (Å²) in [4.78, 5) is 31.8. The molecule has 0 bridgehead atoms. The van der Waals surface area contributed by atoms with Crippen LogP contribution in [0.5, 0.6) is 0 Å². The minimum Gasteiger partial charge on any atom is -0.379 e. The summed E-state index contributed by atoms with van der Waals surface area (Å²) >= 11 is 1.64. The molecule has 7 nitrogen and oxygen atoms in total. The van der Waals surface area contributed by atoms with E-state index >= 15 is 0 Å². The zero-order chi connectivity index (χ0) is 23.5. The Kier molecular flexibility index (Phi) is 7.08. The highest BCUT2D eigenvalue weighted by Gasteiger charge is 2.38. The number of thiophene rings is 1. The zero-order valence-corrected chi connectivity index (χ0v) is 20.5. The molecule has 1 saturated heterocycles. The zero-order valence-electron chi connectivity index (χ0n) is 19.7. The van der Waals surface area contributed by atoms with Crippen molar-refractivity contribution in [2.24, 2.45) is 11.0 Å². The molecule has 2 fully saturated rings. The predicted octanol–water partition coefficient (Wildman–Crippen LogP) is 3.31. The fourth-order valence-corrected chi connectivity index (χ4v) is 5.28. The van der Waals surface area contributed by atoms with Gasteiger partial charge in [0.1, 0.15) is 6.54 Å². The number of benzene rings is 1. The number of ether oxygens (including phenoxy) is 1. The van der Waals surface area contributed by atoms with Crippen LogP contribution >= 0.6 is 11.3 Å². The van der Waals surface area contributed by atoms with Gasteiger partial charge in [-0.3, -0.25) is 14.5 Å². The number of aryl methyl sites for hydroxylation is 1. The van der Waals surface area contributed by atoms with Gasteiger partial charge < -0.3 is 9.64 Å². The molecule has 2 amide bonds. The lowest BCUT2D eigenvalue weighted by Crippen LogP contribution is -2.47. The summed E-state index contributed by atoms with van der Waals surface area (Å²) in [5, 5.41) is 8.44. The second-order valence-corrected chi connectivity index (χ2v) is 10.3. The number of hydrogen-bond donors (Lipinski definition) is 0. The van der Waals surface area contributed by atoms with Crippen molar-refractivity contribution >= 4 is 28.9 Å². The average Bonchev–Trinajstić information content (AvgIpc) is 3.37. The van der Waals surface area contributed by atoms with Crippen molar-refractivity contribution in [1.29, 1.82) is 0 Å². The number of hydrogen-bond acceptors (Lipinski definition) is 6. The molecule has 180 valence electrons. The van der Waals surface area contributed by atoms with Gasteiger partial charge in [0.2, 0.25) is 5.91 Å². The molecular formula is C26H32N4O3S. The van der Waals surface area contributed by atoms with Crippen molar-refractivity contribution in [2.75, 3.05) is 45.9 Å². The summed E-state index contributed by atoms with van der Waals surface area (Å²) < 4.78 is 5.44. The summed E-state index contributed by atoms with van der Waals surface area (Å²) in [7, 11) is 0. The van der Waals surface area contributed by atoms with Crippen molar-refractivity contribution in [2.45, 2.75) is 32.2 Å². The van der Waals surface area contributed by atoms with Crippen LogP contribution in [0.2, 0.25) is 0 Å². The molecule has 3 aliphatic rings. The van der Waals surface area contributed by atoms with Crippen LogP contribution in [0, 0.1) is 12.8 Å². The minimum atomic E-state index is -0.151. The van der Waals surface area contributed by atoms with Gasteiger partial charge in [-0.15, -0.1) is 11.3 Å². The van der Waals surface area contributed by atoms with Gasteiger partial charge in [-0.25, -0.2) is 5.01 Å². The van der Waals surface area contributed by atoms with E-state index in [1.54, 1.807) is 21.2 Å². The van der Waals surface area contributed by atoms with Crippen LogP contribution in [-0.4, -0.2) is 78.3 Å². The molecule has 1 aliphatic carbocycles. The van der Waals surface area contributed by atoms with Crippen LogP contribution in [0.25, 0.3) is 0 Å². The van der Waals surface area contributed by atoms with Gasteiger partial charge in [-0.2, -0.15) is 5.10 Å². The smallest absolute Gasteiger partial charge is 0.262 e. The molecule has 1 saturated carbocycles. The second-order valence-electron chi connectivity index (χ2n) is 9.38. The SMILES string of the molecule is Cc1ccc(C2CC(c3cccs3)=NN2C(=O)CN(CCN2CCOCC2)C(=O)C2CC2)cc1. The van der Waals surface area contributed by atoms with Gasteiger partial charge in [0.05, 0.1) is 29.8 Å². The first-order valence-electron chi connectivity index (χ1n) is 12.2. The van der Waals surface area contributed by atoms with E-state index in [1.807, 2.05) is 11.4 Å². The third-order valence-electron chi connectivity index (χ3n) is 6.79. The molecular weight excluding hydrogens is 448 g/mol. The Balaban J connectivity index is 1.33. The Morgan fingerprint density at radius 1 is 1.15 bits per heavy atom. The van der Waals surface area contributed by atoms with E-state index < -0.39 is 0 Å². The van der Waals surface area contributed by atoms with Gasteiger partial charge in [0.25, 0.3) is 5.91 Å². The first-order chi connectivity index (χ1) is 16.6. The average molecular weight is 481 g/mol. The first kappa shape index (κ1) is 23.2. The Morgan fingerprint density at radius 2 is 1.91 bits per heavy atom. The molecule has 0 radical (unpaired) electrons. The molecule has 2 aliphatic heterocycles. The molecule has 1 aromatic heterocycles. The summed E-state index contributed by atoms with van der Waals surface area (Å²) in [6.45, 7) is 6.65. The third-order valence-corrected chi connectivity index (χ3v) is 7.71. The summed E-state index contributed by atoms with van der Waals surface area (Å²) in [6.07, 6.45) is 2.54. The molecule has 5 rings (SSSR count). The van der Waals surface area contributed by atoms with Crippen LogP contribution in [0.3, 0.4) is 0 Å². The number of carbonyl (C=O) groups is 2. The van der Waals surface area contributed by atoms with Crippen molar-refractivity contribution < 1.29 is 14.3 Å². The van der Waals surface area contributed by atoms with E-state index in [0.717, 1.165) is 61.8 Å². The van der Waals surface area contributed by atoms with E-state index in [1.165, 1.54) is 5.56 Å². The van der Waals surface area contributed by atoms with E-state index in [-0.39, 0.29) is 30.3 Å². The minimum absolute atomic E-state index is 0.0727. The Morgan fingerprint density at radius 3 is 2.59 bits per heavy atom.